The van der Waals surface area contributed by atoms with E-state index in [2.05, 4.69) is 4.72 Å². The summed E-state index contributed by atoms with van der Waals surface area (Å²) in [4.78, 5) is 14.4. The second-order valence-corrected chi connectivity index (χ2v) is 8.42. The van der Waals surface area contributed by atoms with Crippen molar-refractivity contribution in [3.8, 4) is 23.0 Å². The van der Waals surface area contributed by atoms with Crippen LogP contribution in [0.4, 0.5) is 11.4 Å². The highest BCUT2D eigenvalue weighted by atomic mass is 32.2. The lowest BCUT2D eigenvalue weighted by Crippen LogP contribution is -2.25. The SMILES string of the molecule is COc1ccc(OC)c(S(=O)(=O)Nc2ccc3c(c2)C(=O)N(C)c2ccccc2O3)c1. The van der Waals surface area contributed by atoms with Crippen molar-refractivity contribution in [1.29, 1.82) is 0 Å². The first-order chi connectivity index (χ1) is 14.8. The highest BCUT2D eigenvalue weighted by Gasteiger charge is 2.27. The van der Waals surface area contributed by atoms with Gasteiger partial charge >= 0.3 is 0 Å². The number of ether oxygens (including phenoxy) is 3. The van der Waals surface area contributed by atoms with Gasteiger partial charge in [0.05, 0.1) is 25.5 Å². The number of rotatable bonds is 5. The molecule has 0 aromatic heterocycles. The number of anilines is 2. The summed E-state index contributed by atoms with van der Waals surface area (Å²) in [5.41, 5.74) is 1.06. The van der Waals surface area contributed by atoms with Crippen molar-refractivity contribution in [2.45, 2.75) is 4.90 Å². The molecule has 31 heavy (non-hydrogen) atoms. The van der Waals surface area contributed by atoms with Crippen LogP contribution >= 0.6 is 0 Å². The van der Waals surface area contributed by atoms with Crippen molar-refractivity contribution in [2.75, 3.05) is 30.9 Å². The molecule has 1 aliphatic rings. The van der Waals surface area contributed by atoms with Crippen LogP contribution in [0.1, 0.15) is 10.4 Å². The molecule has 3 aromatic rings. The van der Waals surface area contributed by atoms with Crippen molar-refractivity contribution in [3.63, 3.8) is 0 Å². The molecule has 0 radical (unpaired) electrons. The lowest BCUT2D eigenvalue weighted by Gasteiger charge is -2.16. The third kappa shape index (κ3) is 3.75. The second-order valence-electron chi connectivity index (χ2n) is 6.77. The molecule has 9 heteroatoms. The summed E-state index contributed by atoms with van der Waals surface area (Å²) in [6.45, 7) is 0. The maximum Gasteiger partial charge on any atom is 0.265 e. The fourth-order valence-electron chi connectivity index (χ4n) is 3.28. The first-order valence-corrected chi connectivity index (χ1v) is 10.8. The Morgan fingerprint density at radius 2 is 1.71 bits per heavy atom. The monoisotopic (exact) mass is 440 g/mol. The smallest absolute Gasteiger partial charge is 0.265 e. The fourth-order valence-corrected chi connectivity index (χ4v) is 4.52. The van der Waals surface area contributed by atoms with Gasteiger partial charge in [0.25, 0.3) is 15.9 Å². The Bertz CT molecular complexity index is 1270. The quantitative estimate of drug-likeness (QED) is 0.647. The van der Waals surface area contributed by atoms with E-state index in [1.807, 2.05) is 12.1 Å². The van der Waals surface area contributed by atoms with Crippen LogP contribution in [0.15, 0.2) is 65.6 Å². The van der Waals surface area contributed by atoms with E-state index in [4.69, 9.17) is 14.2 Å². The molecule has 0 aliphatic carbocycles. The molecule has 0 atom stereocenters. The highest BCUT2D eigenvalue weighted by molar-refractivity contribution is 7.92. The van der Waals surface area contributed by atoms with Crippen molar-refractivity contribution < 1.29 is 27.4 Å². The number of hydrogen-bond donors (Lipinski definition) is 1. The molecule has 160 valence electrons. The molecule has 0 spiro atoms. The van der Waals surface area contributed by atoms with E-state index in [-0.39, 0.29) is 27.8 Å². The van der Waals surface area contributed by atoms with Gasteiger partial charge in [-0.2, -0.15) is 0 Å². The normalized spacial score (nSPS) is 12.9. The average Bonchev–Trinajstić information content (AvgIpc) is 2.88. The zero-order valence-electron chi connectivity index (χ0n) is 17.1. The number of nitrogens with zero attached hydrogens (tertiary/aromatic N) is 1. The molecule has 0 saturated heterocycles. The molecule has 1 amide bonds. The van der Waals surface area contributed by atoms with E-state index in [9.17, 15) is 13.2 Å². The molecule has 0 bridgehead atoms. The first kappa shape index (κ1) is 20.5. The van der Waals surface area contributed by atoms with E-state index in [1.165, 1.54) is 43.4 Å². The van der Waals surface area contributed by atoms with Gasteiger partial charge in [-0.3, -0.25) is 9.52 Å². The van der Waals surface area contributed by atoms with Gasteiger partial charge in [-0.1, -0.05) is 12.1 Å². The Morgan fingerprint density at radius 1 is 0.935 bits per heavy atom. The predicted molar refractivity (Wildman–Crippen MR) is 116 cm³/mol. The molecule has 1 aliphatic heterocycles. The van der Waals surface area contributed by atoms with Crippen LogP contribution in [0.2, 0.25) is 0 Å². The molecule has 0 unspecified atom stereocenters. The number of benzene rings is 3. The lowest BCUT2D eigenvalue weighted by molar-refractivity contribution is 0.0993. The molecular weight excluding hydrogens is 420 g/mol. The topological polar surface area (TPSA) is 94.2 Å². The van der Waals surface area contributed by atoms with Gasteiger partial charge in [-0.25, -0.2) is 8.42 Å². The van der Waals surface area contributed by atoms with E-state index >= 15 is 0 Å². The molecule has 0 saturated carbocycles. The molecule has 0 fully saturated rings. The molecule has 4 rings (SSSR count). The third-order valence-electron chi connectivity index (χ3n) is 4.87. The van der Waals surface area contributed by atoms with Gasteiger partial charge in [0, 0.05) is 18.8 Å². The van der Waals surface area contributed by atoms with Crippen molar-refractivity contribution >= 4 is 27.3 Å². The highest BCUT2D eigenvalue weighted by Crippen LogP contribution is 2.39. The zero-order chi connectivity index (χ0) is 22.2. The number of hydrogen-bond acceptors (Lipinski definition) is 6. The standard InChI is InChI=1S/C22H20N2O6S/c1-24-17-6-4-5-7-19(17)30-18-10-8-14(12-16(18)22(24)25)23-31(26,27)21-13-15(28-2)9-11-20(21)29-3/h4-13,23H,1-3H3. The maximum absolute atomic E-state index is 13.0. The van der Waals surface area contributed by atoms with Crippen molar-refractivity contribution in [2.24, 2.45) is 0 Å². The first-order valence-electron chi connectivity index (χ1n) is 9.28. The van der Waals surface area contributed by atoms with Gasteiger partial charge in [0.1, 0.15) is 22.1 Å². The van der Waals surface area contributed by atoms with Crippen molar-refractivity contribution in [3.05, 3.63) is 66.2 Å². The Hall–Kier alpha value is -3.72. The van der Waals surface area contributed by atoms with Gasteiger partial charge in [-0.05, 0) is 42.5 Å². The number of carbonyl (C=O) groups excluding carboxylic acids is 1. The second kappa shape index (κ2) is 7.84. The summed E-state index contributed by atoms with van der Waals surface area (Å²) in [6, 6.07) is 16.2. The molecule has 8 nitrogen and oxygen atoms in total. The molecular formula is C22H20N2O6S. The Balaban J connectivity index is 1.72. The molecule has 3 aromatic carbocycles. The summed E-state index contributed by atoms with van der Waals surface area (Å²) >= 11 is 0. The van der Waals surface area contributed by atoms with E-state index in [1.54, 1.807) is 31.3 Å². The van der Waals surface area contributed by atoms with Crippen LogP contribution in [0.25, 0.3) is 0 Å². The fraction of sp³-hybridized carbons (Fsp3) is 0.136. The zero-order valence-corrected chi connectivity index (χ0v) is 17.9. The van der Waals surface area contributed by atoms with E-state index < -0.39 is 10.0 Å². The number of carbonyl (C=O) groups is 1. The number of amides is 1. The van der Waals surface area contributed by atoms with Gasteiger partial charge < -0.3 is 19.1 Å². The minimum atomic E-state index is -4.03. The van der Waals surface area contributed by atoms with Crippen LogP contribution in [-0.2, 0) is 10.0 Å². The summed E-state index contributed by atoms with van der Waals surface area (Å²) in [5, 5.41) is 0. The minimum absolute atomic E-state index is 0.0867. The Morgan fingerprint density at radius 3 is 2.45 bits per heavy atom. The number of methoxy groups -OCH3 is 2. The number of nitrogens with one attached hydrogen (secondary N) is 1. The predicted octanol–water partition coefficient (Wildman–Crippen LogP) is 3.89. The number of sulfonamides is 1. The summed E-state index contributed by atoms with van der Waals surface area (Å²) in [5.74, 6) is 1.08. The van der Waals surface area contributed by atoms with Crippen LogP contribution in [-0.4, -0.2) is 35.6 Å². The summed E-state index contributed by atoms with van der Waals surface area (Å²) in [7, 11) is 0.431. The average molecular weight is 440 g/mol. The van der Waals surface area contributed by atoms with E-state index in [0.29, 0.717) is 22.9 Å². The maximum atomic E-state index is 13.0. The Labute approximate surface area is 180 Å². The van der Waals surface area contributed by atoms with Crippen LogP contribution in [0, 0.1) is 0 Å². The minimum Gasteiger partial charge on any atom is -0.497 e. The number of fused-ring (bicyclic) bond motifs is 2. The van der Waals surface area contributed by atoms with Crippen molar-refractivity contribution in [1.82, 2.24) is 0 Å². The summed E-state index contributed by atoms with van der Waals surface area (Å²) in [6.07, 6.45) is 0. The van der Waals surface area contributed by atoms with Gasteiger partial charge in [0.15, 0.2) is 5.75 Å². The Kier molecular flexibility index (Phi) is 5.20. The van der Waals surface area contributed by atoms with Crippen LogP contribution in [0.3, 0.4) is 0 Å². The third-order valence-corrected chi connectivity index (χ3v) is 6.28. The van der Waals surface area contributed by atoms with Gasteiger partial charge in [0.2, 0.25) is 0 Å². The number of para-hydroxylation sites is 2. The lowest BCUT2D eigenvalue weighted by atomic mass is 10.1. The van der Waals surface area contributed by atoms with Crippen LogP contribution in [0.5, 0.6) is 23.0 Å². The van der Waals surface area contributed by atoms with Gasteiger partial charge in [-0.15, -0.1) is 0 Å². The molecule has 1 heterocycles. The van der Waals surface area contributed by atoms with E-state index in [0.717, 1.165) is 0 Å². The summed E-state index contributed by atoms with van der Waals surface area (Å²) < 4.78 is 44.8. The largest absolute Gasteiger partial charge is 0.497 e. The molecule has 1 N–H and O–H groups in total. The van der Waals surface area contributed by atoms with Crippen LogP contribution < -0.4 is 23.8 Å².